The van der Waals surface area contributed by atoms with Gasteiger partial charge in [0.2, 0.25) is 0 Å². The van der Waals surface area contributed by atoms with Crippen molar-refractivity contribution in [2.75, 3.05) is 7.05 Å². The van der Waals surface area contributed by atoms with Crippen molar-refractivity contribution in [3.8, 4) is 0 Å². The monoisotopic (exact) mass is 164 g/mol. The average Bonchev–Trinajstić information content (AvgIpc) is 1.35. The Hall–Kier alpha value is 1.05. The summed E-state index contributed by atoms with van der Waals surface area (Å²) < 4.78 is 0. The average molecular weight is 166 g/mol. The van der Waals surface area contributed by atoms with E-state index in [-0.39, 0.29) is 0 Å². The lowest BCUT2D eigenvalue weighted by atomic mass is 11.6. The summed E-state index contributed by atoms with van der Waals surface area (Å²) in [6.45, 7) is 0. The highest BCUT2D eigenvalue weighted by Crippen LogP contribution is 2.07. The van der Waals surface area contributed by atoms with Gasteiger partial charge in [-0.3, -0.25) is 0 Å². The first-order valence-electron chi connectivity index (χ1n) is 1.43. The van der Waals surface area contributed by atoms with Crippen molar-refractivity contribution in [2.24, 2.45) is 0 Å². The first-order valence-corrected chi connectivity index (χ1v) is 6.55. The van der Waals surface area contributed by atoms with Crippen LogP contribution in [0, 0.1) is 0 Å². The van der Waals surface area contributed by atoms with Crippen LogP contribution in [0.4, 0.5) is 0 Å². The van der Waals surface area contributed by atoms with E-state index in [4.69, 9.17) is 33.2 Å². The molecule has 0 amide bonds. The molecule has 0 saturated heterocycles. The van der Waals surface area contributed by atoms with Crippen LogP contribution < -0.4 is 4.98 Å². The van der Waals surface area contributed by atoms with Crippen LogP contribution in [0.25, 0.3) is 0 Å². The van der Waals surface area contributed by atoms with Crippen LogP contribution >= 0.6 is 33.2 Å². The number of nitrogens with two attached hydrogens (primary N) is 1. The molecular formula is CH5Cl3NSi+. The van der Waals surface area contributed by atoms with Gasteiger partial charge in [-0.15, -0.1) is 0 Å². The predicted octanol–water partition coefficient (Wildman–Crippen LogP) is 0.332. The Kier molecular flexibility index (Phi) is 2.79. The van der Waals surface area contributed by atoms with Crippen LogP contribution in [-0.2, 0) is 0 Å². The third-order valence-corrected chi connectivity index (χ3v) is 2.95. The molecule has 0 radical (unpaired) electrons. The van der Waals surface area contributed by atoms with Gasteiger partial charge in [0.15, 0.2) is 0 Å². The van der Waals surface area contributed by atoms with Crippen LogP contribution in [-0.4, -0.2) is 13.2 Å². The minimum Gasteiger partial charge on any atom is -0.371 e. The van der Waals surface area contributed by atoms with Crippen molar-refractivity contribution in [2.45, 2.75) is 0 Å². The van der Waals surface area contributed by atoms with E-state index in [0.29, 0.717) is 0 Å². The van der Waals surface area contributed by atoms with E-state index in [0.717, 1.165) is 0 Å². The minimum absolute atomic E-state index is 1.62. The predicted molar refractivity (Wildman–Crippen MR) is 31.2 cm³/mol. The highest BCUT2D eigenvalue weighted by Gasteiger charge is 2.31. The molecule has 0 spiro atoms. The van der Waals surface area contributed by atoms with E-state index in [1.807, 2.05) is 0 Å². The van der Waals surface area contributed by atoms with E-state index >= 15 is 0 Å². The lowest BCUT2D eigenvalue weighted by Crippen LogP contribution is -2.91. The van der Waals surface area contributed by atoms with E-state index < -0.39 is 6.16 Å². The standard InChI is InChI=1S/CH4Cl3NSi/c1-5-6(2,3)4/h5H,1H3/p+1. The van der Waals surface area contributed by atoms with Crippen molar-refractivity contribution in [3.05, 3.63) is 0 Å². The topological polar surface area (TPSA) is 16.6 Å². The summed E-state index contributed by atoms with van der Waals surface area (Å²) in [7, 11) is 1.75. The fourth-order valence-corrected chi connectivity index (χ4v) is 0. The van der Waals surface area contributed by atoms with Crippen LogP contribution in [0.15, 0.2) is 0 Å². The molecule has 0 aromatic heterocycles. The third-order valence-electron chi connectivity index (χ3n) is 0.327. The molecule has 0 bridgehead atoms. The van der Waals surface area contributed by atoms with E-state index in [1.54, 1.807) is 12.0 Å². The van der Waals surface area contributed by atoms with Crippen molar-refractivity contribution in [3.63, 3.8) is 0 Å². The van der Waals surface area contributed by atoms with Crippen LogP contribution in [0.5, 0.6) is 0 Å². The molecule has 0 aliphatic rings. The van der Waals surface area contributed by atoms with E-state index in [1.165, 1.54) is 0 Å². The lowest BCUT2D eigenvalue weighted by molar-refractivity contribution is -0.482. The fourth-order valence-electron chi connectivity index (χ4n) is 0. The number of hydrogen-bond acceptors (Lipinski definition) is 0. The molecule has 6 heavy (non-hydrogen) atoms. The zero-order valence-corrected chi connectivity index (χ0v) is 6.48. The van der Waals surface area contributed by atoms with Gasteiger partial charge in [0.05, 0.1) is 7.05 Å². The quantitative estimate of drug-likeness (QED) is 0.426. The largest absolute Gasteiger partial charge is 0.587 e. The minimum atomic E-state index is -2.34. The molecule has 0 aliphatic heterocycles. The highest BCUT2D eigenvalue weighted by molar-refractivity contribution is 7.60. The Balaban J connectivity index is 3.17. The van der Waals surface area contributed by atoms with Crippen molar-refractivity contribution in [1.29, 1.82) is 0 Å². The Morgan fingerprint density at radius 1 is 1.33 bits per heavy atom. The number of quaternary nitrogens is 1. The van der Waals surface area contributed by atoms with Gasteiger partial charge in [-0.1, -0.05) is 33.2 Å². The molecule has 0 rings (SSSR count). The maximum atomic E-state index is 5.33. The van der Waals surface area contributed by atoms with E-state index in [2.05, 4.69) is 0 Å². The number of halogens is 3. The van der Waals surface area contributed by atoms with Gasteiger partial charge < -0.3 is 4.98 Å². The van der Waals surface area contributed by atoms with E-state index in [9.17, 15) is 0 Å². The normalized spacial score (nSPS) is 12.0. The molecule has 0 saturated carbocycles. The second kappa shape index (κ2) is 2.38. The smallest absolute Gasteiger partial charge is 0.371 e. The first kappa shape index (κ1) is 7.05. The summed E-state index contributed by atoms with van der Waals surface area (Å²) in [6, 6.07) is 0. The van der Waals surface area contributed by atoms with Gasteiger partial charge in [0, 0.05) is 0 Å². The summed E-state index contributed by atoms with van der Waals surface area (Å²) in [5.41, 5.74) is 0. The molecule has 0 aliphatic carbocycles. The molecule has 0 heterocycles. The van der Waals surface area contributed by atoms with Gasteiger partial charge in [-0.05, 0) is 0 Å². The molecule has 0 fully saturated rings. The summed E-state index contributed by atoms with van der Waals surface area (Å²) in [5, 5.41) is 0. The van der Waals surface area contributed by atoms with Crippen molar-refractivity contribution >= 4 is 39.4 Å². The number of hydrogen-bond donors (Lipinski definition) is 1. The zero-order chi connectivity index (χ0) is 5.21. The molecule has 0 aromatic carbocycles. The second-order valence-electron chi connectivity index (χ2n) is 0.830. The molecule has 0 atom stereocenters. The Morgan fingerprint density at radius 2 is 1.50 bits per heavy atom. The molecule has 5 heteroatoms. The molecule has 38 valence electrons. The zero-order valence-electron chi connectivity index (χ0n) is 3.21. The fraction of sp³-hybridized carbons (Fsp3) is 1.00. The third kappa shape index (κ3) is 5.05. The molecule has 0 unspecified atom stereocenters. The van der Waals surface area contributed by atoms with Gasteiger partial charge in [0.25, 0.3) is 0 Å². The van der Waals surface area contributed by atoms with Crippen LogP contribution in [0.2, 0.25) is 0 Å². The molecule has 2 N–H and O–H groups in total. The summed E-state index contributed by atoms with van der Waals surface area (Å²) in [6.07, 6.45) is -2.34. The Labute approximate surface area is 51.8 Å². The van der Waals surface area contributed by atoms with Gasteiger partial charge >= 0.3 is 6.16 Å². The molecular weight excluding hydrogens is 160 g/mol. The number of rotatable bonds is 1. The van der Waals surface area contributed by atoms with Gasteiger partial charge in [0.1, 0.15) is 0 Å². The summed E-state index contributed by atoms with van der Waals surface area (Å²) in [4.78, 5) is 1.62. The van der Waals surface area contributed by atoms with Gasteiger partial charge in [-0.2, -0.15) is 0 Å². The van der Waals surface area contributed by atoms with Crippen molar-refractivity contribution < 1.29 is 4.98 Å². The Morgan fingerprint density at radius 3 is 1.50 bits per heavy atom. The summed E-state index contributed by atoms with van der Waals surface area (Å²) >= 11 is 16.0. The second-order valence-corrected chi connectivity index (χ2v) is 9.60. The van der Waals surface area contributed by atoms with Crippen LogP contribution in [0.1, 0.15) is 0 Å². The van der Waals surface area contributed by atoms with Crippen LogP contribution in [0.3, 0.4) is 0 Å². The maximum absolute atomic E-state index is 5.33. The highest BCUT2D eigenvalue weighted by atomic mass is 35.8. The van der Waals surface area contributed by atoms with Gasteiger partial charge in [-0.25, -0.2) is 0 Å². The molecule has 1 nitrogen and oxygen atoms in total. The summed E-state index contributed by atoms with van der Waals surface area (Å²) in [5.74, 6) is 0. The Bertz CT molecular complexity index is 40.5. The first-order chi connectivity index (χ1) is 2.56. The maximum Gasteiger partial charge on any atom is 0.587 e. The molecule has 0 aromatic rings. The lowest BCUT2D eigenvalue weighted by Gasteiger charge is -1.94. The SMILES string of the molecule is C[NH2+][Si](Cl)(Cl)Cl. The van der Waals surface area contributed by atoms with Crippen molar-refractivity contribution in [1.82, 2.24) is 0 Å².